The molecule has 2 saturated carbocycles. The second-order valence-electron chi connectivity index (χ2n) is 9.84. The summed E-state index contributed by atoms with van der Waals surface area (Å²) in [7, 11) is 0. The lowest BCUT2D eigenvalue weighted by Gasteiger charge is -2.37. The maximum Gasteiger partial charge on any atom is 0.205 e. The van der Waals surface area contributed by atoms with Gasteiger partial charge in [0.05, 0.1) is 6.10 Å². The summed E-state index contributed by atoms with van der Waals surface area (Å²) in [5, 5.41) is 0. The first-order valence-corrected chi connectivity index (χ1v) is 12.2. The Labute approximate surface area is 187 Å². The van der Waals surface area contributed by atoms with Gasteiger partial charge in [-0.2, -0.15) is 9.78 Å². The molecule has 1 aliphatic heterocycles. The van der Waals surface area contributed by atoms with E-state index in [-0.39, 0.29) is 5.92 Å². The fraction of sp³-hybridized carbons (Fsp3) is 0.692. The average molecular weight is 430 g/mol. The second kappa shape index (κ2) is 9.62. The number of hydrogen-bond donors (Lipinski definition) is 1. The van der Waals surface area contributed by atoms with Gasteiger partial charge in [0.1, 0.15) is 5.75 Å². The number of ether oxygens (including phenoxy) is 2. The van der Waals surface area contributed by atoms with Crippen molar-refractivity contribution in [1.29, 1.82) is 0 Å². The van der Waals surface area contributed by atoms with E-state index >= 15 is 0 Å². The van der Waals surface area contributed by atoms with Crippen molar-refractivity contribution in [2.24, 2.45) is 11.7 Å². The van der Waals surface area contributed by atoms with Crippen LogP contribution in [0.15, 0.2) is 36.9 Å². The minimum atomic E-state index is -0.717. The molecule has 5 nitrogen and oxygen atoms in total. The molecule has 0 bridgehead atoms. The molecule has 1 aromatic carbocycles. The molecule has 3 fully saturated rings. The molecule has 2 aliphatic carbocycles. The third-order valence-electron chi connectivity index (χ3n) is 7.47. The number of benzene rings is 1. The highest BCUT2D eigenvalue weighted by atomic mass is 17.3. The van der Waals surface area contributed by atoms with Crippen molar-refractivity contribution in [2.45, 2.75) is 108 Å². The van der Waals surface area contributed by atoms with E-state index in [0.717, 1.165) is 70.0 Å². The zero-order chi connectivity index (χ0) is 21.9. The maximum absolute atomic E-state index is 6.54. The van der Waals surface area contributed by atoms with Crippen molar-refractivity contribution < 1.29 is 19.2 Å². The summed E-state index contributed by atoms with van der Waals surface area (Å²) in [6.45, 7) is 8.05. The zero-order valence-electron chi connectivity index (χ0n) is 19.2. The Kier molecular flexibility index (Phi) is 7.07. The molecule has 1 aromatic rings. The number of nitrogens with two attached hydrogens (primary N) is 1. The van der Waals surface area contributed by atoms with Gasteiger partial charge in [-0.25, -0.2) is 0 Å². The first-order chi connectivity index (χ1) is 15.0. The van der Waals surface area contributed by atoms with Crippen LogP contribution >= 0.6 is 0 Å². The van der Waals surface area contributed by atoms with Crippen LogP contribution in [0.25, 0.3) is 0 Å². The van der Waals surface area contributed by atoms with Crippen LogP contribution in [-0.2, 0) is 14.5 Å². The molecule has 0 amide bonds. The van der Waals surface area contributed by atoms with Crippen LogP contribution in [-0.4, -0.2) is 23.7 Å². The fourth-order valence-electron chi connectivity index (χ4n) is 5.53. The van der Waals surface area contributed by atoms with Gasteiger partial charge in [0, 0.05) is 24.8 Å². The number of rotatable bonds is 7. The summed E-state index contributed by atoms with van der Waals surface area (Å²) in [5.74, 6) is 0.207. The maximum atomic E-state index is 6.54. The molecule has 4 rings (SSSR count). The van der Waals surface area contributed by atoms with Gasteiger partial charge < -0.3 is 15.2 Å². The van der Waals surface area contributed by atoms with Crippen molar-refractivity contribution in [3.63, 3.8) is 0 Å². The first kappa shape index (κ1) is 22.8. The Morgan fingerprint density at radius 1 is 1.16 bits per heavy atom. The molecule has 31 heavy (non-hydrogen) atoms. The average Bonchev–Trinajstić information content (AvgIpc) is 3.10. The van der Waals surface area contributed by atoms with Crippen molar-refractivity contribution in [3.8, 4) is 5.75 Å². The highest BCUT2D eigenvalue weighted by Gasteiger charge is 2.55. The van der Waals surface area contributed by atoms with Crippen molar-refractivity contribution in [3.05, 3.63) is 42.5 Å². The van der Waals surface area contributed by atoms with Gasteiger partial charge in [-0.1, -0.05) is 25.1 Å². The Hall–Kier alpha value is -1.40. The molecule has 5 heteroatoms. The molecular formula is C26H39NO4. The van der Waals surface area contributed by atoms with E-state index in [1.165, 1.54) is 5.56 Å². The molecule has 1 saturated heterocycles. The predicted molar refractivity (Wildman–Crippen MR) is 121 cm³/mol. The van der Waals surface area contributed by atoms with Crippen LogP contribution in [0, 0.1) is 5.92 Å². The Bertz CT molecular complexity index is 729. The summed E-state index contributed by atoms with van der Waals surface area (Å²) in [5.41, 5.74) is 7.32. The summed E-state index contributed by atoms with van der Waals surface area (Å²) in [6.07, 6.45) is 12.1. The summed E-state index contributed by atoms with van der Waals surface area (Å²) < 4.78 is 12.7. The van der Waals surface area contributed by atoms with Gasteiger partial charge in [-0.15, -0.1) is 6.58 Å². The van der Waals surface area contributed by atoms with E-state index in [1.54, 1.807) is 0 Å². The molecule has 2 unspecified atom stereocenters. The quantitative estimate of drug-likeness (QED) is 0.426. The van der Waals surface area contributed by atoms with Crippen LogP contribution in [0.2, 0.25) is 0 Å². The lowest BCUT2D eigenvalue weighted by molar-refractivity contribution is -0.359. The standard InChI is InChI=1S/C26H39NO4/c1-4-7-21(5-2)25(3)29-26(31-30-25)17-6-8-20(18-26)19-9-13-23(14-10-19)28-24-15-11-22(27)12-16-24/h4,9-10,13-14,20-22,24H,1,5-8,11-12,15-18,27H2,2-3H3/t20?,21?,22-,24+,25-,26-/m1/s1. The minimum Gasteiger partial charge on any atom is -0.490 e. The van der Waals surface area contributed by atoms with Crippen LogP contribution in [0.3, 0.4) is 0 Å². The van der Waals surface area contributed by atoms with Crippen LogP contribution in [0.4, 0.5) is 0 Å². The predicted octanol–water partition coefficient (Wildman–Crippen LogP) is 5.99. The third kappa shape index (κ3) is 5.16. The minimum absolute atomic E-state index is 0.232. The highest BCUT2D eigenvalue weighted by molar-refractivity contribution is 5.30. The normalized spacial score (nSPS) is 36.9. The van der Waals surface area contributed by atoms with E-state index in [0.29, 0.717) is 18.1 Å². The Morgan fingerprint density at radius 2 is 1.90 bits per heavy atom. The first-order valence-electron chi connectivity index (χ1n) is 12.2. The Morgan fingerprint density at radius 3 is 2.58 bits per heavy atom. The zero-order valence-corrected chi connectivity index (χ0v) is 19.2. The monoisotopic (exact) mass is 429 g/mol. The second-order valence-corrected chi connectivity index (χ2v) is 9.84. The lowest BCUT2D eigenvalue weighted by Crippen LogP contribution is -2.42. The molecule has 172 valence electrons. The topological polar surface area (TPSA) is 62.9 Å². The molecule has 2 N–H and O–H groups in total. The van der Waals surface area contributed by atoms with E-state index in [1.807, 2.05) is 13.0 Å². The van der Waals surface area contributed by atoms with Gasteiger partial charge in [0.15, 0.2) is 0 Å². The number of allylic oxidation sites excluding steroid dienone is 1. The molecule has 3 aliphatic rings. The van der Waals surface area contributed by atoms with E-state index in [9.17, 15) is 0 Å². The summed E-state index contributed by atoms with van der Waals surface area (Å²) in [4.78, 5) is 11.8. The number of hydrogen-bond acceptors (Lipinski definition) is 5. The van der Waals surface area contributed by atoms with Gasteiger partial charge in [-0.05, 0) is 81.9 Å². The molecule has 1 spiro atoms. The summed E-state index contributed by atoms with van der Waals surface area (Å²) in [6, 6.07) is 8.97. The molecular weight excluding hydrogens is 390 g/mol. The van der Waals surface area contributed by atoms with Crippen molar-refractivity contribution in [2.75, 3.05) is 0 Å². The van der Waals surface area contributed by atoms with Crippen LogP contribution < -0.4 is 10.5 Å². The van der Waals surface area contributed by atoms with Gasteiger partial charge in [-0.3, -0.25) is 0 Å². The molecule has 0 radical (unpaired) electrons. The molecule has 4 atom stereocenters. The van der Waals surface area contributed by atoms with Gasteiger partial charge >= 0.3 is 0 Å². The summed E-state index contributed by atoms with van der Waals surface area (Å²) >= 11 is 0. The smallest absolute Gasteiger partial charge is 0.205 e. The van der Waals surface area contributed by atoms with Crippen LogP contribution in [0.1, 0.15) is 89.5 Å². The van der Waals surface area contributed by atoms with E-state index in [4.69, 9.17) is 25.0 Å². The molecule has 1 heterocycles. The van der Waals surface area contributed by atoms with E-state index in [2.05, 4.69) is 37.8 Å². The van der Waals surface area contributed by atoms with Crippen molar-refractivity contribution >= 4 is 0 Å². The lowest BCUT2D eigenvalue weighted by atomic mass is 9.80. The third-order valence-corrected chi connectivity index (χ3v) is 7.47. The highest BCUT2D eigenvalue weighted by Crippen LogP contribution is 2.50. The van der Waals surface area contributed by atoms with Crippen LogP contribution in [0.5, 0.6) is 5.75 Å². The fourth-order valence-corrected chi connectivity index (χ4v) is 5.53. The van der Waals surface area contributed by atoms with E-state index < -0.39 is 11.6 Å². The van der Waals surface area contributed by atoms with Gasteiger partial charge in [0.2, 0.25) is 11.6 Å². The molecule has 0 aromatic heterocycles. The van der Waals surface area contributed by atoms with Gasteiger partial charge in [0.25, 0.3) is 0 Å². The largest absolute Gasteiger partial charge is 0.490 e. The van der Waals surface area contributed by atoms with Crippen molar-refractivity contribution in [1.82, 2.24) is 0 Å². The SMILES string of the molecule is C=CCC(CC)[C@@]1(C)OO[C@@]2(CCCC(c3ccc(O[C@H]4CC[C@@H](N)CC4)cc3)C2)O1. The Balaban J connectivity index is 1.38.